The van der Waals surface area contributed by atoms with Crippen LogP contribution < -0.4 is 5.01 Å². The van der Waals surface area contributed by atoms with Crippen LogP contribution in [0.3, 0.4) is 0 Å². The van der Waals surface area contributed by atoms with E-state index in [9.17, 15) is 39.2 Å². The molecule has 1 amide bonds. The van der Waals surface area contributed by atoms with Crippen LogP contribution in [0, 0.1) is 0 Å². The standard InChI is InChI=1S/C19H16ClN5O9S4/c1-3-36(27,28)19-21-12-6-7-13(17(16(12)35-19)38(32,33)34)22-23-15-9(2)24-25(18(15)26)14-8-10(37(29,30)31)4-5-11(14)20/h4-8,15H,3H2,1-2H3,(H,29,30,31)(H,32,33,34). The highest BCUT2D eigenvalue weighted by molar-refractivity contribution is 7.93. The van der Waals surface area contributed by atoms with Gasteiger partial charge in [-0.15, -0.1) is 11.3 Å². The molecule has 38 heavy (non-hydrogen) atoms. The van der Waals surface area contributed by atoms with Crippen molar-refractivity contribution in [2.24, 2.45) is 15.3 Å². The topological polar surface area (TPSA) is 213 Å². The predicted molar refractivity (Wildman–Crippen MR) is 137 cm³/mol. The van der Waals surface area contributed by atoms with Gasteiger partial charge in [-0.2, -0.15) is 37.2 Å². The molecule has 1 atom stereocenters. The summed E-state index contributed by atoms with van der Waals surface area (Å²) >= 11 is 6.63. The van der Waals surface area contributed by atoms with Crippen molar-refractivity contribution < 1.29 is 39.2 Å². The number of sulfone groups is 1. The molecule has 0 saturated carbocycles. The van der Waals surface area contributed by atoms with E-state index in [1.54, 1.807) is 0 Å². The van der Waals surface area contributed by atoms with E-state index in [4.69, 9.17) is 11.6 Å². The lowest BCUT2D eigenvalue weighted by atomic mass is 10.2. The van der Waals surface area contributed by atoms with Gasteiger partial charge in [0.1, 0.15) is 10.6 Å². The molecule has 0 bridgehead atoms. The van der Waals surface area contributed by atoms with Crippen molar-refractivity contribution in [3.63, 3.8) is 0 Å². The molecule has 0 fully saturated rings. The molecule has 1 aliphatic rings. The van der Waals surface area contributed by atoms with Gasteiger partial charge in [0, 0.05) is 0 Å². The highest BCUT2D eigenvalue weighted by atomic mass is 35.5. The Bertz CT molecular complexity index is 1880. The molecule has 2 heterocycles. The fraction of sp³-hybridized carbons (Fsp3) is 0.211. The minimum absolute atomic E-state index is 0.0113. The third-order valence-corrected chi connectivity index (χ3v) is 10.7. The summed E-state index contributed by atoms with van der Waals surface area (Å²) in [6.45, 7) is 2.79. The number of rotatable bonds is 7. The molecule has 0 radical (unpaired) electrons. The number of benzene rings is 2. The molecule has 202 valence electrons. The fourth-order valence-electron chi connectivity index (χ4n) is 3.32. The van der Waals surface area contributed by atoms with E-state index in [-0.39, 0.29) is 36.7 Å². The maximum atomic E-state index is 13.0. The summed E-state index contributed by atoms with van der Waals surface area (Å²) in [5, 5.41) is 12.4. The Morgan fingerprint density at radius 2 is 1.76 bits per heavy atom. The molecular formula is C19H16ClN5O9S4. The first-order valence-electron chi connectivity index (χ1n) is 10.3. The van der Waals surface area contributed by atoms with Crippen LogP contribution in [-0.2, 0) is 34.9 Å². The molecule has 14 nitrogen and oxygen atoms in total. The van der Waals surface area contributed by atoms with E-state index >= 15 is 0 Å². The smallest absolute Gasteiger partial charge is 0.282 e. The van der Waals surface area contributed by atoms with Gasteiger partial charge in [-0.05, 0) is 37.3 Å². The number of azo groups is 1. The monoisotopic (exact) mass is 621 g/mol. The second kappa shape index (κ2) is 9.70. The summed E-state index contributed by atoms with van der Waals surface area (Å²) in [4.78, 5) is 15.7. The van der Waals surface area contributed by atoms with Crippen LogP contribution in [0.15, 0.2) is 59.8 Å². The molecule has 1 aromatic heterocycles. The van der Waals surface area contributed by atoms with Gasteiger partial charge in [-0.1, -0.05) is 18.5 Å². The zero-order valence-corrected chi connectivity index (χ0v) is 23.2. The van der Waals surface area contributed by atoms with E-state index in [0.29, 0.717) is 11.3 Å². The lowest BCUT2D eigenvalue weighted by Gasteiger charge is -2.15. The summed E-state index contributed by atoms with van der Waals surface area (Å²) in [5.41, 5.74) is -0.494. The second-order valence-electron chi connectivity index (χ2n) is 7.72. The number of hydrogen-bond donors (Lipinski definition) is 2. The number of nitrogens with zero attached hydrogens (tertiary/aromatic N) is 5. The Hall–Kier alpha value is -2.87. The second-order valence-corrected chi connectivity index (χ2v) is 14.4. The van der Waals surface area contributed by atoms with Gasteiger partial charge in [-0.3, -0.25) is 13.9 Å². The average Bonchev–Trinajstić information content (AvgIpc) is 3.37. The molecule has 0 spiro atoms. The maximum Gasteiger partial charge on any atom is 0.298 e. The van der Waals surface area contributed by atoms with Crippen molar-refractivity contribution in [2.75, 3.05) is 10.8 Å². The lowest BCUT2D eigenvalue weighted by molar-refractivity contribution is -0.117. The highest BCUT2D eigenvalue weighted by Crippen LogP contribution is 2.38. The van der Waals surface area contributed by atoms with E-state index < -0.39 is 57.5 Å². The van der Waals surface area contributed by atoms with Crippen molar-refractivity contribution in [3.05, 3.63) is 35.4 Å². The maximum absolute atomic E-state index is 13.0. The van der Waals surface area contributed by atoms with Gasteiger partial charge in [-0.25, -0.2) is 13.4 Å². The summed E-state index contributed by atoms with van der Waals surface area (Å²) in [5.74, 6) is -1.11. The van der Waals surface area contributed by atoms with Crippen molar-refractivity contribution in [1.29, 1.82) is 0 Å². The Labute approximate surface area is 225 Å². The number of aromatic nitrogens is 1. The van der Waals surface area contributed by atoms with Crippen molar-refractivity contribution >= 4 is 86.2 Å². The number of anilines is 1. The molecule has 4 rings (SSSR count). The number of thiazole rings is 1. The van der Waals surface area contributed by atoms with Crippen LogP contribution >= 0.6 is 22.9 Å². The molecule has 1 aliphatic heterocycles. The molecule has 2 aromatic carbocycles. The van der Waals surface area contributed by atoms with E-state index in [0.717, 1.165) is 29.3 Å². The van der Waals surface area contributed by atoms with Gasteiger partial charge in [0.25, 0.3) is 26.1 Å². The minimum Gasteiger partial charge on any atom is -0.282 e. The Morgan fingerprint density at radius 1 is 1.08 bits per heavy atom. The van der Waals surface area contributed by atoms with Crippen LogP contribution in [0.5, 0.6) is 0 Å². The first kappa shape index (κ1) is 28.1. The number of amides is 1. The molecule has 19 heteroatoms. The Balaban J connectivity index is 1.76. The predicted octanol–water partition coefficient (Wildman–Crippen LogP) is 3.11. The number of hydrogen-bond acceptors (Lipinski definition) is 12. The highest BCUT2D eigenvalue weighted by Gasteiger charge is 2.36. The third kappa shape index (κ3) is 5.20. The average molecular weight is 622 g/mol. The SMILES string of the molecule is CCS(=O)(=O)c1nc2ccc(N=NC3C(=O)N(c4cc(S(=O)(=O)O)ccc4Cl)N=C3C)c(S(=O)(=O)O)c2s1. The first-order chi connectivity index (χ1) is 17.5. The summed E-state index contributed by atoms with van der Waals surface area (Å²) in [6.07, 6.45) is 0. The normalized spacial score (nSPS) is 17.1. The van der Waals surface area contributed by atoms with Gasteiger partial charge in [0.2, 0.25) is 14.2 Å². The number of carbonyl (C=O) groups is 1. The molecule has 1 unspecified atom stereocenters. The Morgan fingerprint density at radius 3 is 2.37 bits per heavy atom. The molecular weight excluding hydrogens is 606 g/mol. The van der Waals surface area contributed by atoms with Crippen LogP contribution in [0.4, 0.5) is 11.4 Å². The first-order valence-corrected chi connectivity index (χ1v) is 16.0. The summed E-state index contributed by atoms with van der Waals surface area (Å²) in [7, 11) is -13.3. The van der Waals surface area contributed by atoms with Crippen LogP contribution in [0.1, 0.15) is 13.8 Å². The number of carbonyl (C=O) groups excluding carboxylic acids is 1. The largest absolute Gasteiger partial charge is 0.298 e. The van der Waals surface area contributed by atoms with Crippen LogP contribution in [0.2, 0.25) is 5.02 Å². The van der Waals surface area contributed by atoms with Gasteiger partial charge in [0.05, 0.1) is 37.3 Å². The van der Waals surface area contributed by atoms with E-state index in [1.165, 1.54) is 19.9 Å². The number of hydrazone groups is 1. The third-order valence-electron chi connectivity index (χ3n) is 5.20. The van der Waals surface area contributed by atoms with Gasteiger partial charge < -0.3 is 0 Å². The van der Waals surface area contributed by atoms with Crippen LogP contribution in [-0.4, -0.2) is 62.8 Å². The summed E-state index contributed by atoms with van der Waals surface area (Å²) in [6, 6.07) is 4.13. The lowest BCUT2D eigenvalue weighted by Crippen LogP contribution is -2.30. The number of fused-ring (bicyclic) bond motifs is 1. The molecule has 2 N–H and O–H groups in total. The number of halogens is 1. The van der Waals surface area contributed by atoms with Crippen molar-refractivity contribution in [3.8, 4) is 0 Å². The zero-order valence-electron chi connectivity index (χ0n) is 19.2. The van der Waals surface area contributed by atoms with E-state index in [1.807, 2.05) is 0 Å². The quantitative estimate of drug-likeness (QED) is 0.290. The van der Waals surface area contributed by atoms with Gasteiger partial charge >= 0.3 is 0 Å². The van der Waals surface area contributed by atoms with E-state index in [2.05, 4.69) is 20.3 Å². The van der Waals surface area contributed by atoms with Crippen LogP contribution in [0.25, 0.3) is 10.2 Å². The Kier molecular flexibility index (Phi) is 7.19. The minimum atomic E-state index is -4.95. The molecule has 0 aliphatic carbocycles. The molecule has 0 saturated heterocycles. The fourth-order valence-corrected chi connectivity index (χ4v) is 7.50. The van der Waals surface area contributed by atoms with Crippen molar-refractivity contribution in [2.45, 2.75) is 34.0 Å². The van der Waals surface area contributed by atoms with Gasteiger partial charge in [0.15, 0.2) is 6.04 Å². The van der Waals surface area contributed by atoms with Crippen molar-refractivity contribution in [1.82, 2.24) is 4.98 Å². The summed E-state index contributed by atoms with van der Waals surface area (Å²) < 4.78 is 90.5. The zero-order chi connectivity index (χ0) is 28.2. The molecule has 3 aromatic rings.